The fourth-order valence-electron chi connectivity index (χ4n) is 2.82. The summed E-state index contributed by atoms with van der Waals surface area (Å²) < 4.78 is 28.5. The van der Waals surface area contributed by atoms with Gasteiger partial charge in [0, 0.05) is 29.8 Å². The fourth-order valence-corrected chi connectivity index (χ4v) is 2.82. The topological polar surface area (TPSA) is 59.8 Å². The van der Waals surface area contributed by atoms with E-state index in [4.69, 9.17) is 0 Å². The van der Waals surface area contributed by atoms with Gasteiger partial charge in [-0.3, -0.25) is 9.36 Å². The van der Waals surface area contributed by atoms with Crippen molar-refractivity contribution in [2.75, 3.05) is 5.32 Å². The van der Waals surface area contributed by atoms with Gasteiger partial charge in [0.15, 0.2) is 0 Å². The van der Waals surface area contributed by atoms with E-state index in [2.05, 4.69) is 15.3 Å². The van der Waals surface area contributed by atoms with Crippen LogP contribution in [0.25, 0.3) is 11.0 Å². The molecule has 0 fully saturated rings. The van der Waals surface area contributed by atoms with Crippen molar-refractivity contribution >= 4 is 22.7 Å². The Balaban J connectivity index is 2.09. The van der Waals surface area contributed by atoms with E-state index in [1.54, 1.807) is 16.8 Å². The van der Waals surface area contributed by atoms with Crippen LogP contribution in [0.2, 0.25) is 0 Å². The zero-order valence-electron chi connectivity index (χ0n) is 14.0. The van der Waals surface area contributed by atoms with Crippen molar-refractivity contribution < 1.29 is 8.78 Å². The largest absolute Gasteiger partial charge is 0.322 e. The Kier molecular flexibility index (Phi) is 4.74. The van der Waals surface area contributed by atoms with Crippen molar-refractivity contribution in [2.24, 2.45) is 0 Å². The Morgan fingerprint density at radius 3 is 2.60 bits per heavy atom. The lowest BCUT2D eigenvalue weighted by Crippen LogP contribution is -2.24. The molecule has 0 bridgehead atoms. The molecular weight excluding hydrogens is 326 g/mol. The molecule has 130 valence electrons. The van der Waals surface area contributed by atoms with Crippen LogP contribution in [0.4, 0.5) is 20.4 Å². The molecule has 3 rings (SSSR count). The Hall–Kier alpha value is -2.83. The molecule has 0 amide bonds. The van der Waals surface area contributed by atoms with Crippen molar-refractivity contribution in [3.8, 4) is 0 Å². The van der Waals surface area contributed by atoms with Gasteiger partial charge in [0.2, 0.25) is 5.95 Å². The molecule has 0 saturated carbocycles. The van der Waals surface area contributed by atoms with E-state index in [0.717, 1.165) is 30.4 Å². The molecule has 0 radical (unpaired) electrons. The predicted molar refractivity (Wildman–Crippen MR) is 93.1 cm³/mol. The van der Waals surface area contributed by atoms with Crippen molar-refractivity contribution in [3.05, 3.63) is 58.5 Å². The maximum Gasteiger partial charge on any atom is 0.252 e. The molecule has 0 unspecified atom stereocenters. The first-order valence-corrected chi connectivity index (χ1v) is 8.13. The van der Waals surface area contributed by atoms with Crippen molar-refractivity contribution in [1.82, 2.24) is 14.5 Å². The van der Waals surface area contributed by atoms with Crippen molar-refractivity contribution in [1.29, 1.82) is 0 Å². The van der Waals surface area contributed by atoms with Gasteiger partial charge in [-0.05, 0) is 31.0 Å². The molecule has 2 heterocycles. The third kappa shape index (κ3) is 3.35. The smallest absolute Gasteiger partial charge is 0.252 e. The lowest BCUT2D eigenvalue weighted by molar-refractivity contribution is 0.470. The summed E-state index contributed by atoms with van der Waals surface area (Å²) in [7, 11) is 0. The molecule has 7 heteroatoms. The average molecular weight is 344 g/mol. The highest BCUT2D eigenvalue weighted by Crippen LogP contribution is 2.22. The highest BCUT2D eigenvalue weighted by molar-refractivity contribution is 5.75. The summed E-state index contributed by atoms with van der Waals surface area (Å²) in [4.78, 5) is 20.9. The third-order valence-corrected chi connectivity index (χ3v) is 4.15. The van der Waals surface area contributed by atoms with E-state index in [-0.39, 0.29) is 23.2 Å². The number of anilines is 2. The minimum Gasteiger partial charge on any atom is -0.322 e. The molecule has 0 spiro atoms. The first kappa shape index (κ1) is 17.0. The monoisotopic (exact) mass is 344 g/mol. The number of nitrogens with one attached hydrogen (secondary N) is 1. The molecule has 25 heavy (non-hydrogen) atoms. The number of rotatable bonds is 5. The molecule has 0 aliphatic carbocycles. The van der Waals surface area contributed by atoms with Gasteiger partial charge in [-0.15, -0.1) is 0 Å². The number of halogens is 2. The van der Waals surface area contributed by atoms with Gasteiger partial charge in [0.1, 0.15) is 17.3 Å². The summed E-state index contributed by atoms with van der Waals surface area (Å²) in [5.74, 6) is -1.26. The number of fused-ring (bicyclic) bond motifs is 1. The van der Waals surface area contributed by atoms with Crippen LogP contribution in [0, 0.1) is 11.6 Å². The Morgan fingerprint density at radius 2 is 1.92 bits per heavy atom. The highest BCUT2D eigenvalue weighted by Gasteiger charge is 2.14. The zero-order chi connectivity index (χ0) is 18.0. The molecular formula is C18H18F2N4O. The van der Waals surface area contributed by atoms with E-state index in [0.29, 0.717) is 5.65 Å². The van der Waals surface area contributed by atoms with Gasteiger partial charge in [-0.1, -0.05) is 13.8 Å². The summed E-state index contributed by atoms with van der Waals surface area (Å²) in [6.07, 6.45) is 3.15. The summed E-state index contributed by atoms with van der Waals surface area (Å²) in [5, 5.41) is 3.45. The van der Waals surface area contributed by atoms with Crippen LogP contribution in [-0.2, 0) is 0 Å². The lowest BCUT2D eigenvalue weighted by Gasteiger charge is -2.18. The van der Waals surface area contributed by atoms with Crippen LogP contribution in [-0.4, -0.2) is 14.5 Å². The minimum absolute atomic E-state index is 0.0153. The summed E-state index contributed by atoms with van der Waals surface area (Å²) in [6, 6.07) is 6.38. The fraction of sp³-hybridized carbons (Fsp3) is 0.278. The highest BCUT2D eigenvalue weighted by atomic mass is 19.1. The van der Waals surface area contributed by atoms with Gasteiger partial charge >= 0.3 is 0 Å². The summed E-state index contributed by atoms with van der Waals surface area (Å²) >= 11 is 0. The van der Waals surface area contributed by atoms with Crippen LogP contribution in [0.15, 0.2) is 41.3 Å². The molecule has 1 aromatic carbocycles. The molecule has 5 nitrogen and oxygen atoms in total. The summed E-state index contributed by atoms with van der Waals surface area (Å²) in [6.45, 7) is 4.02. The van der Waals surface area contributed by atoms with E-state index >= 15 is 0 Å². The Morgan fingerprint density at radius 1 is 1.16 bits per heavy atom. The standard InChI is InChI=1S/C18H18F2N4O/c1-3-13(4-2)24-16(25)8-5-11-10-21-18(23-17(11)24)22-15-7-6-12(19)9-14(15)20/h5-10,13H,3-4H2,1-2H3,(H,21,22,23). The molecule has 2 aromatic heterocycles. The number of benzene rings is 1. The first-order chi connectivity index (χ1) is 12.0. The quantitative estimate of drug-likeness (QED) is 0.754. The van der Waals surface area contributed by atoms with Gasteiger partial charge < -0.3 is 5.32 Å². The van der Waals surface area contributed by atoms with Gasteiger partial charge in [-0.2, -0.15) is 4.98 Å². The molecule has 0 aliphatic heterocycles. The maximum absolute atomic E-state index is 13.8. The van der Waals surface area contributed by atoms with Crippen LogP contribution < -0.4 is 10.9 Å². The van der Waals surface area contributed by atoms with Crippen LogP contribution in [0.3, 0.4) is 0 Å². The van der Waals surface area contributed by atoms with Crippen LogP contribution in [0.5, 0.6) is 0 Å². The number of hydrogen-bond acceptors (Lipinski definition) is 4. The Bertz CT molecular complexity index is 967. The molecule has 0 aliphatic rings. The van der Waals surface area contributed by atoms with E-state index in [1.807, 2.05) is 13.8 Å². The summed E-state index contributed by atoms with van der Waals surface area (Å²) in [5.41, 5.74) is 0.410. The van der Waals surface area contributed by atoms with Crippen molar-refractivity contribution in [2.45, 2.75) is 32.7 Å². The minimum atomic E-state index is -0.742. The van der Waals surface area contributed by atoms with Gasteiger partial charge in [0.05, 0.1) is 5.69 Å². The first-order valence-electron chi connectivity index (χ1n) is 8.13. The number of hydrogen-bond donors (Lipinski definition) is 1. The van der Waals surface area contributed by atoms with Crippen LogP contribution >= 0.6 is 0 Å². The second-order valence-corrected chi connectivity index (χ2v) is 5.73. The molecule has 0 atom stereocenters. The lowest BCUT2D eigenvalue weighted by atomic mass is 10.1. The zero-order valence-corrected chi connectivity index (χ0v) is 14.0. The number of nitrogens with zero attached hydrogens (tertiary/aromatic N) is 3. The average Bonchev–Trinajstić information content (AvgIpc) is 2.60. The second kappa shape index (κ2) is 6.96. The molecule has 1 N–H and O–H groups in total. The predicted octanol–water partition coefficient (Wildman–Crippen LogP) is 4.17. The van der Waals surface area contributed by atoms with E-state index in [1.165, 1.54) is 12.1 Å². The molecule has 0 saturated heterocycles. The SMILES string of the molecule is CCC(CC)n1c(=O)ccc2cnc(Nc3ccc(F)cc3F)nc21. The third-order valence-electron chi connectivity index (χ3n) is 4.15. The second-order valence-electron chi connectivity index (χ2n) is 5.73. The van der Waals surface area contributed by atoms with E-state index < -0.39 is 11.6 Å². The Labute approximate surface area is 143 Å². The van der Waals surface area contributed by atoms with Gasteiger partial charge in [0.25, 0.3) is 5.56 Å². The number of aromatic nitrogens is 3. The maximum atomic E-state index is 13.8. The number of pyridine rings is 1. The van der Waals surface area contributed by atoms with Crippen molar-refractivity contribution in [3.63, 3.8) is 0 Å². The van der Waals surface area contributed by atoms with E-state index in [9.17, 15) is 13.6 Å². The molecule has 3 aromatic rings. The normalized spacial score (nSPS) is 11.2. The van der Waals surface area contributed by atoms with Crippen LogP contribution in [0.1, 0.15) is 32.7 Å². The van der Waals surface area contributed by atoms with Gasteiger partial charge in [-0.25, -0.2) is 13.8 Å².